The summed E-state index contributed by atoms with van der Waals surface area (Å²) in [6.07, 6.45) is 0. The SMILES string of the molecule is COc1ccc(OCC(=O)Oc2ccc3c(c2)OC(N)=C(C#N)C3c2cc(OC)ccc2OC)cc1. The van der Waals surface area contributed by atoms with Crippen molar-refractivity contribution in [3.8, 4) is 40.6 Å². The van der Waals surface area contributed by atoms with Gasteiger partial charge in [0.25, 0.3) is 0 Å². The van der Waals surface area contributed by atoms with Crippen LogP contribution in [-0.4, -0.2) is 33.9 Å². The number of carbonyl (C=O) groups excluding carboxylic acids is 1. The van der Waals surface area contributed by atoms with Crippen molar-refractivity contribution in [2.24, 2.45) is 5.73 Å². The predicted octanol–water partition coefficient (Wildman–Crippen LogP) is 3.91. The van der Waals surface area contributed by atoms with Crippen molar-refractivity contribution in [2.45, 2.75) is 5.92 Å². The normalized spacial score (nSPS) is 14.1. The quantitative estimate of drug-likeness (QED) is 0.371. The Kier molecular flexibility index (Phi) is 7.16. The van der Waals surface area contributed by atoms with Crippen LogP contribution in [0.2, 0.25) is 0 Å². The molecule has 2 N–H and O–H groups in total. The summed E-state index contributed by atoms with van der Waals surface area (Å²) in [6.45, 7) is -0.297. The number of carbonyl (C=O) groups is 1. The molecule has 0 amide bonds. The molecule has 0 aromatic heterocycles. The number of hydrogen-bond acceptors (Lipinski definition) is 9. The van der Waals surface area contributed by atoms with Crippen molar-refractivity contribution in [2.75, 3.05) is 27.9 Å². The van der Waals surface area contributed by atoms with Crippen molar-refractivity contribution >= 4 is 5.97 Å². The lowest BCUT2D eigenvalue weighted by molar-refractivity contribution is -0.136. The van der Waals surface area contributed by atoms with Gasteiger partial charge < -0.3 is 34.2 Å². The lowest BCUT2D eigenvalue weighted by Gasteiger charge is -2.28. The van der Waals surface area contributed by atoms with E-state index < -0.39 is 11.9 Å². The fraction of sp³-hybridized carbons (Fsp3) is 0.185. The maximum absolute atomic E-state index is 12.4. The highest BCUT2D eigenvalue weighted by Gasteiger charge is 2.33. The van der Waals surface area contributed by atoms with Crippen LogP contribution in [0.3, 0.4) is 0 Å². The molecule has 0 saturated carbocycles. The molecule has 1 heterocycles. The number of rotatable bonds is 8. The minimum Gasteiger partial charge on any atom is -0.497 e. The van der Waals surface area contributed by atoms with Crippen LogP contribution in [0.5, 0.6) is 34.5 Å². The van der Waals surface area contributed by atoms with Crippen LogP contribution in [0.25, 0.3) is 0 Å². The number of benzene rings is 3. The Bertz CT molecular complexity index is 1340. The van der Waals surface area contributed by atoms with Gasteiger partial charge in [-0.3, -0.25) is 0 Å². The predicted molar refractivity (Wildman–Crippen MR) is 129 cm³/mol. The Morgan fingerprint density at radius 2 is 1.56 bits per heavy atom. The van der Waals surface area contributed by atoms with Crippen LogP contribution >= 0.6 is 0 Å². The number of nitrogens with two attached hydrogens (primary N) is 1. The molecule has 3 aromatic rings. The molecule has 1 aliphatic rings. The monoisotopic (exact) mass is 488 g/mol. The second-order valence-electron chi connectivity index (χ2n) is 7.67. The van der Waals surface area contributed by atoms with Gasteiger partial charge in [0.2, 0.25) is 5.88 Å². The average molecular weight is 488 g/mol. The van der Waals surface area contributed by atoms with E-state index in [0.717, 1.165) is 0 Å². The van der Waals surface area contributed by atoms with E-state index in [9.17, 15) is 10.1 Å². The second-order valence-corrected chi connectivity index (χ2v) is 7.67. The molecule has 0 aliphatic carbocycles. The number of fused-ring (bicyclic) bond motifs is 1. The number of hydrogen-bond donors (Lipinski definition) is 1. The standard InChI is InChI=1S/C27H24N2O7/c1-31-16-4-6-17(7-5-16)34-15-25(30)35-19-8-10-20-24(13-19)36-27(29)22(14-28)26(20)21-12-18(32-2)9-11-23(21)33-3/h4-13,26H,15,29H2,1-3H3. The van der Waals surface area contributed by atoms with E-state index >= 15 is 0 Å². The van der Waals surface area contributed by atoms with Crippen LogP contribution in [0.4, 0.5) is 0 Å². The minimum atomic E-state index is -0.603. The van der Waals surface area contributed by atoms with Gasteiger partial charge in [0.1, 0.15) is 46.1 Å². The smallest absolute Gasteiger partial charge is 0.349 e. The van der Waals surface area contributed by atoms with E-state index in [2.05, 4.69) is 6.07 Å². The van der Waals surface area contributed by atoms with Gasteiger partial charge in [-0.15, -0.1) is 0 Å². The first-order valence-corrected chi connectivity index (χ1v) is 10.9. The maximum atomic E-state index is 12.4. The Hall–Kier alpha value is -4.84. The van der Waals surface area contributed by atoms with Crippen LogP contribution < -0.4 is 34.2 Å². The third-order valence-electron chi connectivity index (χ3n) is 5.59. The first kappa shape index (κ1) is 24.3. The van der Waals surface area contributed by atoms with Crippen LogP contribution in [0, 0.1) is 11.3 Å². The van der Waals surface area contributed by atoms with E-state index in [1.165, 1.54) is 0 Å². The van der Waals surface area contributed by atoms with Crippen molar-refractivity contribution < 1.29 is 33.2 Å². The van der Waals surface area contributed by atoms with E-state index in [0.29, 0.717) is 39.9 Å². The average Bonchev–Trinajstić information content (AvgIpc) is 2.90. The fourth-order valence-corrected chi connectivity index (χ4v) is 3.86. The van der Waals surface area contributed by atoms with Gasteiger partial charge in [0.15, 0.2) is 6.61 Å². The van der Waals surface area contributed by atoms with Gasteiger partial charge in [-0.25, -0.2) is 4.79 Å². The third-order valence-corrected chi connectivity index (χ3v) is 5.59. The molecular weight excluding hydrogens is 464 g/mol. The summed E-state index contributed by atoms with van der Waals surface area (Å²) in [5, 5.41) is 9.83. The Morgan fingerprint density at radius 3 is 2.22 bits per heavy atom. The van der Waals surface area contributed by atoms with Gasteiger partial charge >= 0.3 is 5.97 Å². The van der Waals surface area contributed by atoms with Crippen molar-refractivity contribution in [1.29, 1.82) is 5.26 Å². The van der Waals surface area contributed by atoms with E-state index in [-0.39, 0.29) is 23.8 Å². The summed E-state index contributed by atoms with van der Waals surface area (Å²) in [4.78, 5) is 12.4. The molecule has 3 aromatic carbocycles. The second kappa shape index (κ2) is 10.6. The van der Waals surface area contributed by atoms with E-state index in [1.807, 2.05) is 0 Å². The molecule has 4 rings (SSSR count). The highest BCUT2D eigenvalue weighted by atomic mass is 16.6. The molecular formula is C27H24N2O7. The lowest BCUT2D eigenvalue weighted by atomic mass is 9.83. The molecule has 1 aliphatic heterocycles. The Labute approximate surface area is 208 Å². The summed E-state index contributed by atoms with van der Waals surface area (Å²) in [5.74, 6) is 1.68. The molecule has 0 saturated heterocycles. The number of nitrogens with zero attached hydrogens (tertiary/aromatic N) is 1. The highest BCUT2D eigenvalue weighted by Crippen LogP contribution is 2.46. The zero-order valence-corrected chi connectivity index (χ0v) is 19.9. The molecule has 1 atom stereocenters. The van der Waals surface area contributed by atoms with Gasteiger partial charge in [0.05, 0.1) is 27.2 Å². The largest absolute Gasteiger partial charge is 0.497 e. The van der Waals surface area contributed by atoms with Crippen molar-refractivity contribution in [3.63, 3.8) is 0 Å². The molecule has 0 spiro atoms. The first-order valence-electron chi connectivity index (χ1n) is 10.9. The minimum absolute atomic E-state index is 0.0498. The molecule has 0 bridgehead atoms. The Morgan fingerprint density at radius 1 is 0.889 bits per heavy atom. The van der Waals surface area contributed by atoms with E-state index in [1.54, 1.807) is 82.0 Å². The summed E-state index contributed by atoms with van der Waals surface area (Å²) < 4.78 is 32.6. The lowest BCUT2D eigenvalue weighted by Crippen LogP contribution is -2.22. The van der Waals surface area contributed by atoms with Gasteiger partial charge in [0, 0.05) is 17.2 Å². The van der Waals surface area contributed by atoms with Gasteiger partial charge in [-0.1, -0.05) is 6.07 Å². The van der Waals surface area contributed by atoms with Crippen LogP contribution in [-0.2, 0) is 4.79 Å². The van der Waals surface area contributed by atoms with Crippen LogP contribution in [0.15, 0.2) is 72.1 Å². The topological polar surface area (TPSA) is 122 Å². The third kappa shape index (κ3) is 4.98. The zero-order chi connectivity index (χ0) is 25.7. The molecule has 1 unspecified atom stereocenters. The molecule has 36 heavy (non-hydrogen) atoms. The van der Waals surface area contributed by atoms with Crippen molar-refractivity contribution in [1.82, 2.24) is 0 Å². The number of allylic oxidation sites excluding steroid dienone is 1. The number of nitriles is 1. The Balaban J connectivity index is 1.57. The summed E-state index contributed by atoms with van der Waals surface area (Å²) in [5.41, 5.74) is 7.67. The van der Waals surface area contributed by atoms with Crippen LogP contribution in [0.1, 0.15) is 17.0 Å². The number of ether oxygens (including phenoxy) is 6. The highest BCUT2D eigenvalue weighted by molar-refractivity contribution is 5.74. The van der Waals surface area contributed by atoms with Crippen molar-refractivity contribution in [3.05, 3.63) is 83.2 Å². The molecule has 0 fully saturated rings. The molecule has 9 nitrogen and oxygen atoms in total. The number of esters is 1. The number of methoxy groups -OCH3 is 3. The van der Waals surface area contributed by atoms with E-state index in [4.69, 9.17) is 34.2 Å². The maximum Gasteiger partial charge on any atom is 0.349 e. The first-order chi connectivity index (χ1) is 17.5. The fourth-order valence-electron chi connectivity index (χ4n) is 3.86. The molecule has 9 heteroatoms. The summed E-state index contributed by atoms with van der Waals surface area (Å²) >= 11 is 0. The molecule has 0 radical (unpaired) electrons. The van der Waals surface area contributed by atoms with Gasteiger partial charge in [-0.05, 0) is 48.5 Å². The van der Waals surface area contributed by atoms with Gasteiger partial charge in [-0.2, -0.15) is 5.26 Å². The molecule has 184 valence electrons. The summed E-state index contributed by atoms with van der Waals surface area (Å²) in [6, 6.07) is 19.1. The summed E-state index contributed by atoms with van der Waals surface area (Å²) in [7, 11) is 4.66. The zero-order valence-electron chi connectivity index (χ0n) is 19.9.